The second-order valence-electron chi connectivity index (χ2n) is 2.48. The molecule has 3 heteroatoms. The fourth-order valence-electron chi connectivity index (χ4n) is 0.640. The fraction of sp³-hybridized carbons (Fsp3) is 0.556. The molecular formula is C9H14NO2+. The maximum absolute atomic E-state index is 10.2. The minimum Gasteiger partial charge on any atom is -0.477 e. The normalized spacial score (nSPS) is 8.42. The molecule has 3 nitrogen and oxygen atoms in total. The molecule has 0 aliphatic rings. The van der Waals surface area contributed by atoms with Crippen LogP contribution in [0.5, 0.6) is 0 Å². The van der Waals surface area contributed by atoms with Crippen molar-refractivity contribution in [3.8, 4) is 6.07 Å². The summed E-state index contributed by atoms with van der Waals surface area (Å²) < 4.78 is 0. The zero-order chi connectivity index (χ0) is 9.40. The molecule has 0 aliphatic heterocycles. The number of hydrogen-bond donors (Lipinski definition) is 1. The van der Waals surface area contributed by atoms with Crippen LogP contribution >= 0.6 is 0 Å². The lowest BCUT2D eigenvalue weighted by Crippen LogP contribution is -1.95. The summed E-state index contributed by atoms with van der Waals surface area (Å²) in [5.41, 5.74) is -0.0773. The van der Waals surface area contributed by atoms with Gasteiger partial charge in [0.2, 0.25) is 0 Å². The molecule has 0 unspecified atom stereocenters. The van der Waals surface area contributed by atoms with Crippen LogP contribution in [0, 0.1) is 6.07 Å². The van der Waals surface area contributed by atoms with E-state index in [0.717, 1.165) is 19.3 Å². The molecule has 0 fully saturated rings. The van der Waals surface area contributed by atoms with Crippen LogP contribution in [0.25, 0.3) is 4.85 Å². The standard InChI is InChI=1S/C9H13NO2/c1-3-4-5-6-10-7-8(2)9(11)12/h2-6H2,1H3/p+1. The van der Waals surface area contributed by atoms with Crippen molar-refractivity contribution in [3.05, 3.63) is 17.0 Å². The third-order valence-electron chi connectivity index (χ3n) is 1.35. The molecule has 0 bridgehead atoms. The van der Waals surface area contributed by atoms with Crippen LogP contribution in [-0.2, 0) is 4.79 Å². The Morgan fingerprint density at radius 1 is 1.58 bits per heavy atom. The Kier molecular flexibility index (Phi) is 5.72. The van der Waals surface area contributed by atoms with Gasteiger partial charge in [-0.3, -0.25) is 0 Å². The summed E-state index contributed by atoms with van der Waals surface area (Å²) >= 11 is 0. The van der Waals surface area contributed by atoms with Crippen molar-refractivity contribution in [3.63, 3.8) is 0 Å². The molecular weight excluding hydrogens is 154 g/mol. The Hall–Kier alpha value is -1.30. The first kappa shape index (κ1) is 10.7. The largest absolute Gasteiger partial charge is 0.477 e. The summed E-state index contributed by atoms with van der Waals surface area (Å²) in [4.78, 5) is 14.0. The van der Waals surface area contributed by atoms with E-state index in [1.165, 1.54) is 0 Å². The van der Waals surface area contributed by atoms with Crippen LogP contribution in [0.2, 0.25) is 0 Å². The first-order chi connectivity index (χ1) is 5.68. The molecule has 0 saturated carbocycles. The van der Waals surface area contributed by atoms with E-state index < -0.39 is 5.97 Å². The maximum Gasteiger partial charge on any atom is 0.350 e. The number of hydrogen-bond acceptors (Lipinski definition) is 1. The van der Waals surface area contributed by atoms with E-state index in [0.29, 0.717) is 6.54 Å². The molecule has 0 aromatic rings. The molecule has 66 valence electrons. The van der Waals surface area contributed by atoms with Gasteiger partial charge in [-0.1, -0.05) is 24.8 Å². The number of carboxylic acids is 1. The molecule has 12 heavy (non-hydrogen) atoms. The first-order valence-corrected chi connectivity index (χ1v) is 4.03. The number of rotatable bonds is 4. The van der Waals surface area contributed by atoms with Crippen LogP contribution in [0.4, 0.5) is 0 Å². The summed E-state index contributed by atoms with van der Waals surface area (Å²) in [6.07, 6.45) is 3.23. The van der Waals surface area contributed by atoms with Gasteiger partial charge in [-0.2, -0.15) is 0 Å². The van der Waals surface area contributed by atoms with Crippen molar-refractivity contribution in [2.75, 3.05) is 6.54 Å². The van der Waals surface area contributed by atoms with Crippen LogP contribution in [0.3, 0.4) is 0 Å². The highest BCUT2D eigenvalue weighted by molar-refractivity contribution is 5.90. The van der Waals surface area contributed by atoms with Crippen LogP contribution in [0.15, 0.2) is 12.2 Å². The van der Waals surface area contributed by atoms with Gasteiger partial charge in [0.1, 0.15) is 0 Å². The highest BCUT2D eigenvalue weighted by Crippen LogP contribution is 1.94. The topological polar surface area (TPSA) is 41.7 Å². The molecule has 0 amide bonds. The Morgan fingerprint density at radius 2 is 2.25 bits per heavy atom. The third kappa shape index (κ3) is 5.48. The number of unbranched alkanes of at least 4 members (excludes halogenated alkanes) is 2. The number of nitrogens with zero attached hydrogens (tertiary/aromatic N) is 1. The van der Waals surface area contributed by atoms with Gasteiger partial charge >= 0.3 is 12.0 Å². The molecule has 1 N–H and O–H groups in total. The molecule has 0 atom stereocenters. The third-order valence-corrected chi connectivity index (χ3v) is 1.35. The van der Waals surface area contributed by atoms with Gasteiger partial charge < -0.3 is 5.11 Å². The van der Waals surface area contributed by atoms with Gasteiger partial charge in [0.05, 0.1) is 0 Å². The molecule has 0 heterocycles. The molecule has 0 aromatic carbocycles. The Balaban J connectivity index is 3.59. The zero-order valence-electron chi connectivity index (χ0n) is 7.34. The predicted molar refractivity (Wildman–Crippen MR) is 48.4 cm³/mol. The van der Waals surface area contributed by atoms with Gasteiger partial charge in [-0.25, -0.2) is 4.79 Å². The quantitative estimate of drug-likeness (QED) is 0.397. The van der Waals surface area contributed by atoms with E-state index in [4.69, 9.17) is 5.11 Å². The molecule has 0 saturated heterocycles. The minimum atomic E-state index is -1.06. The lowest BCUT2D eigenvalue weighted by Gasteiger charge is -1.81. The second-order valence-corrected chi connectivity index (χ2v) is 2.48. The van der Waals surface area contributed by atoms with E-state index in [1.807, 2.05) is 0 Å². The average molecular weight is 168 g/mol. The van der Waals surface area contributed by atoms with Gasteiger partial charge in [0.25, 0.3) is 6.54 Å². The van der Waals surface area contributed by atoms with E-state index in [-0.39, 0.29) is 5.57 Å². The second kappa shape index (κ2) is 6.41. The summed E-state index contributed by atoms with van der Waals surface area (Å²) in [5, 5.41) is 8.36. The van der Waals surface area contributed by atoms with E-state index in [9.17, 15) is 4.79 Å². The summed E-state index contributed by atoms with van der Waals surface area (Å²) in [6.45, 7) is 6.01. The van der Waals surface area contributed by atoms with Crippen molar-refractivity contribution in [2.24, 2.45) is 0 Å². The molecule has 0 spiro atoms. The Bertz CT molecular complexity index is 222. The summed E-state index contributed by atoms with van der Waals surface area (Å²) in [5.74, 6) is -1.06. The van der Waals surface area contributed by atoms with Crippen molar-refractivity contribution < 1.29 is 9.90 Å². The lowest BCUT2D eigenvalue weighted by molar-refractivity contribution is -0.132. The van der Waals surface area contributed by atoms with Gasteiger partial charge in [-0.15, -0.1) is 0 Å². The predicted octanol–water partition coefficient (Wildman–Crippen LogP) is 2.15. The highest BCUT2D eigenvalue weighted by atomic mass is 16.4. The summed E-state index contributed by atoms with van der Waals surface area (Å²) in [7, 11) is 0. The van der Waals surface area contributed by atoms with Crippen molar-refractivity contribution in [1.82, 2.24) is 0 Å². The van der Waals surface area contributed by atoms with E-state index in [1.54, 1.807) is 0 Å². The average Bonchev–Trinajstić information content (AvgIpc) is 2.03. The molecule has 0 aliphatic carbocycles. The number of carboxylic acid groups (broad SMARTS) is 1. The SMILES string of the molecule is C=C(C#[N+]CCCCC)C(=O)O. The van der Waals surface area contributed by atoms with Crippen LogP contribution < -0.4 is 0 Å². The highest BCUT2D eigenvalue weighted by Gasteiger charge is 2.05. The van der Waals surface area contributed by atoms with Crippen molar-refractivity contribution in [2.45, 2.75) is 26.2 Å². The molecule has 0 aromatic heterocycles. The first-order valence-electron chi connectivity index (χ1n) is 4.03. The van der Waals surface area contributed by atoms with Crippen LogP contribution in [0.1, 0.15) is 26.2 Å². The molecule has 0 rings (SSSR count). The summed E-state index contributed by atoms with van der Waals surface area (Å²) in [6, 6.07) is 2.37. The Labute approximate surface area is 72.5 Å². The monoisotopic (exact) mass is 168 g/mol. The van der Waals surface area contributed by atoms with Crippen LogP contribution in [-0.4, -0.2) is 17.6 Å². The van der Waals surface area contributed by atoms with Gasteiger partial charge in [0, 0.05) is 6.42 Å². The van der Waals surface area contributed by atoms with Crippen molar-refractivity contribution >= 4 is 5.97 Å². The van der Waals surface area contributed by atoms with Gasteiger partial charge in [0.15, 0.2) is 5.57 Å². The smallest absolute Gasteiger partial charge is 0.350 e. The Morgan fingerprint density at radius 3 is 2.75 bits per heavy atom. The maximum atomic E-state index is 10.2. The number of carbonyl (C=O) groups is 1. The van der Waals surface area contributed by atoms with Gasteiger partial charge in [-0.05, 0) is 6.42 Å². The molecule has 0 radical (unpaired) electrons. The number of aliphatic carboxylic acids is 1. The van der Waals surface area contributed by atoms with Crippen molar-refractivity contribution in [1.29, 1.82) is 0 Å². The van der Waals surface area contributed by atoms with E-state index >= 15 is 0 Å². The minimum absolute atomic E-state index is 0.0773. The fourth-order valence-corrected chi connectivity index (χ4v) is 0.640. The lowest BCUT2D eigenvalue weighted by atomic mass is 10.2. The zero-order valence-corrected chi connectivity index (χ0v) is 7.34. The van der Waals surface area contributed by atoms with E-state index in [2.05, 4.69) is 24.4 Å².